The summed E-state index contributed by atoms with van der Waals surface area (Å²) in [5, 5.41) is 0. The Bertz CT molecular complexity index is 154. The van der Waals surface area contributed by atoms with Gasteiger partial charge in [0.2, 0.25) is 0 Å². The quantitative estimate of drug-likeness (QED) is 0.628. The molecule has 0 amide bonds. The maximum Gasteiger partial charge on any atom is 0.158 e. The van der Waals surface area contributed by atoms with Crippen LogP contribution < -0.4 is 0 Å². The highest BCUT2D eigenvalue weighted by Gasteiger charge is 2.38. The molecule has 13 heavy (non-hydrogen) atoms. The monoisotopic (exact) mass is 186 g/mol. The molecule has 0 N–H and O–H groups in total. The summed E-state index contributed by atoms with van der Waals surface area (Å²) >= 11 is 0. The van der Waals surface area contributed by atoms with Gasteiger partial charge in [0.1, 0.15) is 0 Å². The average Bonchev–Trinajstić information content (AvgIpc) is 2.27. The molecule has 1 aliphatic rings. The van der Waals surface area contributed by atoms with E-state index in [2.05, 4.69) is 27.7 Å². The van der Waals surface area contributed by atoms with Crippen molar-refractivity contribution in [1.82, 2.24) is 0 Å². The van der Waals surface area contributed by atoms with Crippen molar-refractivity contribution >= 4 is 0 Å². The van der Waals surface area contributed by atoms with E-state index in [9.17, 15) is 0 Å². The summed E-state index contributed by atoms with van der Waals surface area (Å²) in [5.41, 5.74) is -0.00309. The number of unbranched alkanes of at least 4 members (excludes halogenated alkanes) is 1. The zero-order valence-electron chi connectivity index (χ0n) is 9.30. The molecular formula is C11H22O2. The Hall–Kier alpha value is -0.0800. The fourth-order valence-corrected chi connectivity index (χ4v) is 1.54. The molecule has 1 fully saturated rings. The van der Waals surface area contributed by atoms with Gasteiger partial charge >= 0.3 is 0 Å². The Labute approximate surface area is 81.6 Å². The number of rotatable bonds is 4. The minimum absolute atomic E-state index is 0.00309. The molecular weight excluding hydrogens is 164 g/mol. The Morgan fingerprint density at radius 1 is 1.46 bits per heavy atom. The van der Waals surface area contributed by atoms with Gasteiger partial charge in [-0.2, -0.15) is 0 Å². The summed E-state index contributed by atoms with van der Waals surface area (Å²) < 4.78 is 11.4. The van der Waals surface area contributed by atoms with Crippen molar-refractivity contribution in [3.8, 4) is 0 Å². The molecule has 0 unspecified atom stereocenters. The first kappa shape index (κ1) is 11.0. The second-order valence-electron chi connectivity index (χ2n) is 4.51. The third-order valence-electron chi connectivity index (χ3n) is 2.97. The van der Waals surface area contributed by atoms with Gasteiger partial charge in [0.05, 0.1) is 5.60 Å². The second-order valence-corrected chi connectivity index (χ2v) is 4.51. The van der Waals surface area contributed by atoms with E-state index in [1.165, 1.54) is 6.42 Å². The molecule has 1 aliphatic heterocycles. The van der Waals surface area contributed by atoms with Crippen LogP contribution in [0.1, 0.15) is 47.0 Å². The smallest absolute Gasteiger partial charge is 0.158 e. The first-order valence-corrected chi connectivity index (χ1v) is 5.35. The molecule has 0 aliphatic carbocycles. The molecule has 1 heterocycles. The molecule has 78 valence electrons. The SMILES string of the molecule is CCCCO[C@H]1C[C@H](C)C(C)(C)O1. The predicted molar refractivity (Wildman–Crippen MR) is 53.6 cm³/mol. The molecule has 0 aromatic heterocycles. The number of ether oxygens (including phenoxy) is 2. The maximum atomic E-state index is 5.79. The summed E-state index contributed by atoms with van der Waals surface area (Å²) in [5.74, 6) is 0.596. The van der Waals surface area contributed by atoms with Crippen LogP contribution in [0.2, 0.25) is 0 Å². The van der Waals surface area contributed by atoms with Gasteiger partial charge < -0.3 is 9.47 Å². The van der Waals surface area contributed by atoms with Crippen LogP contribution in [0, 0.1) is 5.92 Å². The molecule has 2 nitrogen and oxygen atoms in total. The molecule has 0 saturated carbocycles. The summed E-state index contributed by atoms with van der Waals surface area (Å²) in [6.07, 6.45) is 3.40. The standard InChI is InChI=1S/C11H22O2/c1-5-6-7-12-10-8-9(2)11(3,4)13-10/h9-10H,5-8H2,1-4H3/t9-,10+/m0/s1. The van der Waals surface area contributed by atoms with Gasteiger partial charge in [0.25, 0.3) is 0 Å². The summed E-state index contributed by atoms with van der Waals surface area (Å²) in [6.45, 7) is 9.51. The van der Waals surface area contributed by atoms with E-state index in [0.717, 1.165) is 19.4 Å². The topological polar surface area (TPSA) is 18.5 Å². The summed E-state index contributed by atoms with van der Waals surface area (Å²) in [7, 11) is 0. The van der Waals surface area contributed by atoms with Crippen LogP contribution in [0.15, 0.2) is 0 Å². The molecule has 0 bridgehead atoms. The van der Waals surface area contributed by atoms with Crippen LogP contribution in [-0.2, 0) is 9.47 Å². The van der Waals surface area contributed by atoms with Crippen LogP contribution >= 0.6 is 0 Å². The maximum absolute atomic E-state index is 5.79. The zero-order valence-corrected chi connectivity index (χ0v) is 9.30. The van der Waals surface area contributed by atoms with Gasteiger partial charge in [-0.3, -0.25) is 0 Å². The number of hydrogen-bond acceptors (Lipinski definition) is 2. The summed E-state index contributed by atoms with van der Waals surface area (Å²) in [6, 6.07) is 0. The normalized spacial score (nSPS) is 32.3. The fourth-order valence-electron chi connectivity index (χ4n) is 1.54. The van der Waals surface area contributed by atoms with E-state index < -0.39 is 0 Å². The van der Waals surface area contributed by atoms with Crippen molar-refractivity contribution in [2.45, 2.75) is 58.8 Å². The van der Waals surface area contributed by atoms with Gasteiger partial charge in [-0.25, -0.2) is 0 Å². The van der Waals surface area contributed by atoms with Crippen LogP contribution in [0.3, 0.4) is 0 Å². The van der Waals surface area contributed by atoms with Crippen LogP contribution in [-0.4, -0.2) is 18.5 Å². The largest absolute Gasteiger partial charge is 0.353 e. The van der Waals surface area contributed by atoms with E-state index in [4.69, 9.17) is 9.47 Å². The molecule has 0 spiro atoms. The molecule has 1 saturated heterocycles. The highest BCUT2D eigenvalue weighted by molar-refractivity contribution is 4.83. The van der Waals surface area contributed by atoms with Crippen molar-refractivity contribution in [3.63, 3.8) is 0 Å². The highest BCUT2D eigenvalue weighted by Crippen LogP contribution is 2.35. The van der Waals surface area contributed by atoms with Gasteiger partial charge in [0, 0.05) is 13.0 Å². The van der Waals surface area contributed by atoms with E-state index in [-0.39, 0.29) is 11.9 Å². The average molecular weight is 186 g/mol. The first-order chi connectivity index (χ1) is 6.06. The van der Waals surface area contributed by atoms with Gasteiger partial charge in [-0.1, -0.05) is 20.3 Å². The summed E-state index contributed by atoms with van der Waals surface area (Å²) in [4.78, 5) is 0. The van der Waals surface area contributed by atoms with Crippen molar-refractivity contribution in [2.75, 3.05) is 6.61 Å². The minimum Gasteiger partial charge on any atom is -0.353 e. The Kier molecular flexibility index (Phi) is 3.74. The van der Waals surface area contributed by atoms with Crippen LogP contribution in [0.4, 0.5) is 0 Å². The third kappa shape index (κ3) is 2.96. The first-order valence-electron chi connectivity index (χ1n) is 5.35. The van der Waals surface area contributed by atoms with Gasteiger partial charge in [0.15, 0.2) is 6.29 Å². The van der Waals surface area contributed by atoms with E-state index in [1.807, 2.05) is 0 Å². The molecule has 1 rings (SSSR count). The van der Waals surface area contributed by atoms with Crippen LogP contribution in [0.5, 0.6) is 0 Å². The lowest BCUT2D eigenvalue weighted by atomic mass is 9.93. The lowest BCUT2D eigenvalue weighted by Gasteiger charge is -2.22. The van der Waals surface area contributed by atoms with Crippen molar-refractivity contribution in [3.05, 3.63) is 0 Å². The second kappa shape index (κ2) is 4.43. The van der Waals surface area contributed by atoms with Crippen molar-refractivity contribution in [2.24, 2.45) is 5.92 Å². The predicted octanol–water partition coefficient (Wildman–Crippen LogP) is 2.96. The van der Waals surface area contributed by atoms with Crippen molar-refractivity contribution < 1.29 is 9.47 Å². The van der Waals surface area contributed by atoms with Gasteiger partial charge in [-0.15, -0.1) is 0 Å². The zero-order chi connectivity index (χ0) is 9.90. The molecule has 0 radical (unpaired) electrons. The lowest BCUT2D eigenvalue weighted by molar-refractivity contribution is -0.160. The fraction of sp³-hybridized carbons (Fsp3) is 1.00. The Morgan fingerprint density at radius 2 is 2.15 bits per heavy atom. The van der Waals surface area contributed by atoms with Crippen molar-refractivity contribution in [1.29, 1.82) is 0 Å². The van der Waals surface area contributed by atoms with E-state index in [1.54, 1.807) is 0 Å². The van der Waals surface area contributed by atoms with Crippen LogP contribution in [0.25, 0.3) is 0 Å². The Balaban J connectivity index is 2.24. The molecule has 0 aromatic carbocycles. The third-order valence-corrected chi connectivity index (χ3v) is 2.97. The lowest BCUT2D eigenvalue weighted by Crippen LogP contribution is -2.26. The minimum atomic E-state index is -0.00309. The number of hydrogen-bond donors (Lipinski definition) is 0. The molecule has 0 aromatic rings. The molecule has 2 atom stereocenters. The van der Waals surface area contributed by atoms with E-state index >= 15 is 0 Å². The van der Waals surface area contributed by atoms with E-state index in [0.29, 0.717) is 5.92 Å². The van der Waals surface area contributed by atoms with Gasteiger partial charge in [-0.05, 0) is 26.2 Å². The highest BCUT2D eigenvalue weighted by atomic mass is 16.7. The Morgan fingerprint density at radius 3 is 2.62 bits per heavy atom. The molecule has 2 heteroatoms.